The Kier molecular flexibility index (Phi) is 3.61. The van der Waals surface area contributed by atoms with Gasteiger partial charge in [-0.1, -0.05) is 36.4 Å². The number of nitrogens with one attached hydrogen (secondary N) is 1. The first-order valence-electron chi connectivity index (χ1n) is 9.90. The van der Waals surface area contributed by atoms with Crippen molar-refractivity contribution >= 4 is 55.0 Å². The highest BCUT2D eigenvalue weighted by Crippen LogP contribution is 2.39. The molecule has 0 fully saturated rings. The van der Waals surface area contributed by atoms with Crippen molar-refractivity contribution in [2.75, 3.05) is 0 Å². The third-order valence-electron chi connectivity index (χ3n) is 5.90. The van der Waals surface area contributed by atoms with Gasteiger partial charge in [0.2, 0.25) is 0 Å². The molecule has 1 N–H and O–H groups in total. The van der Waals surface area contributed by atoms with E-state index in [2.05, 4.69) is 4.98 Å². The number of non-ortho nitro benzene ring substituents is 2. The number of rotatable bonds is 3. The van der Waals surface area contributed by atoms with Gasteiger partial charge in [-0.25, -0.2) is 0 Å². The summed E-state index contributed by atoms with van der Waals surface area (Å²) in [5.74, 6) is 0. The van der Waals surface area contributed by atoms with Gasteiger partial charge in [-0.2, -0.15) is 0 Å². The number of nitro benzene ring substituents is 2. The van der Waals surface area contributed by atoms with Crippen LogP contribution < -0.4 is 0 Å². The molecule has 2 heterocycles. The van der Waals surface area contributed by atoms with Gasteiger partial charge in [-0.05, 0) is 18.2 Å². The third kappa shape index (κ3) is 2.43. The molecule has 0 aliphatic rings. The fraction of sp³-hybridized carbons (Fsp3) is 0. The Bertz CT molecular complexity index is 1750. The lowest BCUT2D eigenvalue weighted by Gasteiger charge is -2.09. The van der Waals surface area contributed by atoms with E-state index in [1.54, 1.807) is 24.3 Å². The molecule has 0 unspecified atom stereocenters. The highest BCUT2D eigenvalue weighted by Gasteiger charge is 2.21. The quantitative estimate of drug-likeness (QED) is 0.269. The molecule has 0 aliphatic heterocycles. The molecule has 0 aliphatic carbocycles. The Labute approximate surface area is 179 Å². The van der Waals surface area contributed by atoms with Crippen molar-refractivity contribution in [2.24, 2.45) is 0 Å². The summed E-state index contributed by atoms with van der Waals surface area (Å²) >= 11 is 0. The number of aromatic amines is 1. The van der Waals surface area contributed by atoms with Crippen LogP contribution in [0.4, 0.5) is 11.4 Å². The predicted octanol–water partition coefficient (Wildman–Crippen LogP) is 6.23. The zero-order valence-corrected chi connectivity index (χ0v) is 16.5. The number of nitro groups is 2. The van der Waals surface area contributed by atoms with Gasteiger partial charge < -0.3 is 9.55 Å². The van der Waals surface area contributed by atoms with Crippen LogP contribution in [0, 0.1) is 20.2 Å². The van der Waals surface area contributed by atoms with Crippen LogP contribution in [0.2, 0.25) is 0 Å². The molecule has 8 nitrogen and oxygen atoms in total. The van der Waals surface area contributed by atoms with Crippen LogP contribution in [-0.2, 0) is 0 Å². The predicted molar refractivity (Wildman–Crippen MR) is 123 cm³/mol. The molecule has 8 heteroatoms. The van der Waals surface area contributed by atoms with Crippen molar-refractivity contribution in [3.8, 4) is 5.69 Å². The van der Waals surface area contributed by atoms with E-state index < -0.39 is 9.85 Å². The molecule has 6 aromatic rings. The van der Waals surface area contributed by atoms with E-state index in [1.807, 2.05) is 53.1 Å². The first-order chi connectivity index (χ1) is 15.5. The molecule has 2 aromatic heterocycles. The summed E-state index contributed by atoms with van der Waals surface area (Å²) in [7, 11) is 0. The van der Waals surface area contributed by atoms with E-state index >= 15 is 0 Å². The first kappa shape index (κ1) is 18.1. The molecular formula is C24H14N4O4. The zero-order chi connectivity index (χ0) is 22.0. The minimum Gasteiger partial charge on any atom is -0.353 e. The second kappa shape index (κ2) is 6.39. The SMILES string of the molecule is O=[N+]([O-])c1cc(-n2c3ccccc3c3cc([N+](=O)[O-])ccc32)c2[nH]c3ccccc3c2c1. The average molecular weight is 422 g/mol. The van der Waals surface area contributed by atoms with Gasteiger partial charge in [0, 0.05) is 51.3 Å². The largest absolute Gasteiger partial charge is 0.353 e. The van der Waals surface area contributed by atoms with Crippen molar-refractivity contribution in [1.29, 1.82) is 0 Å². The number of benzene rings is 4. The maximum atomic E-state index is 11.8. The molecule has 154 valence electrons. The molecular weight excluding hydrogens is 408 g/mol. The monoisotopic (exact) mass is 422 g/mol. The van der Waals surface area contributed by atoms with E-state index in [0.29, 0.717) is 11.1 Å². The number of nitrogens with zero attached hydrogens (tertiary/aromatic N) is 3. The number of aromatic nitrogens is 2. The molecule has 0 saturated heterocycles. The Morgan fingerprint density at radius 2 is 1.31 bits per heavy atom. The second-order valence-corrected chi connectivity index (χ2v) is 7.63. The number of fused-ring (bicyclic) bond motifs is 6. The zero-order valence-electron chi connectivity index (χ0n) is 16.5. The minimum atomic E-state index is -0.422. The summed E-state index contributed by atoms with van der Waals surface area (Å²) in [5, 5.41) is 26.3. The molecule has 0 atom stereocenters. The maximum Gasteiger partial charge on any atom is 0.272 e. The van der Waals surface area contributed by atoms with E-state index in [9.17, 15) is 20.2 Å². The Morgan fingerprint density at radius 1 is 0.656 bits per heavy atom. The first-order valence-corrected chi connectivity index (χ1v) is 9.90. The van der Waals surface area contributed by atoms with Crippen LogP contribution in [0.25, 0.3) is 49.3 Å². The molecule has 0 radical (unpaired) electrons. The van der Waals surface area contributed by atoms with Gasteiger partial charge in [0.1, 0.15) is 0 Å². The maximum absolute atomic E-state index is 11.8. The minimum absolute atomic E-state index is 0.00444. The second-order valence-electron chi connectivity index (χ2n) is 7.63. The molecule has 0 bridgehead atoms. The molecule has 0 spiro atoms. The fourth-order valence-corrected chi connectivity index (χ4v) is 4.53. The average Bonchev–Trinajstić information content (AvgIpc) is 3.34. The van der Waals surface area contributed by atoms with Crippen molar-refractivity contribution in [3.63, 3.8) is 0 Å². The lowest BCUT2D eigenvalue weighted by atomic mass is 10.1. The standard InChI is InChI=1S/C24H14N4O4/c29-27(30)14-9-10-22-18(11-14)17-6-2-4-8-21(17)26(22)23-13-15(28(31)32)12-19-16-5-1-3-7-20(16)25-24(19)23/h1-13,25H. The molecule has 0 amide bonds. The smallest absolute Gasteiger partial charge is 0.272 e. The van der Waals surface area contributed by atoms with Crippen LogP contribution in [0.5, 0.6) is 0 Å². The third-order valence-corrected chi connectivity index (χ3v) is 5.90. The van der Waals surface area contributed by atoms with Crippen LogP contribution >= 0.6 is 0 Å². The number of hydrogen-bond donors (Lipinski definition) is 1. The van der Waals surface area contributed by atoms with E-state index in [1.165, 1.54) is 6.07 Å². The van der Waals surface area contributed by atoms with Crippen LogP contribution in [0.15, 0.2) is 78.9 Å². The van der Waals surface area contributed by atoms with Gasteiger partial charge >= 0.3 is 0 Å². The van der Waals surface area contributed by atoms with Crippen molar-refractivity contribution in [1.82, 2.24) is 9.55 Å². The number of hydrogen-bond acceptors (Lipinski definition) is 4. The molecule has 6 rings (SSSR count). The molecule has 4 aromatic carbocycles. The van der Waals surface area contributed by atoms with Gasteiger partial charge in [0.25, 0.3) is 11.4 Å². The van der Waals surface area contributed by atoms with Gasteiger partial charge in [0.15, 0.2) is 0 Å². The molecule has 32 heavy (non-hydrogen) atoms. The van der Waals surface area contributed by atoms with Gasteiger partial charge in [-0.15, -0.1) is 0 Å². The van der Waals surface area contributed by atoms with E-state index in [4.69, 9.17) is 0 Å². The normalized spacial score (nSPS) is 11.6. The van der Waals surface area contributed by atoms with Crippen molar-refractivity contribution in [2.45, 2.75) is 0 Å². The van der Waals surface area contributed by atoms with Crippen molar-refractivity contribution in [3.05, 3.63) is 99.1 Å². The summed E-state index contributed by atoms with van der Waals surface area (Å²) in [5.41, 5.74) is 3.77. The summed E-state index contributed by atoms with van der Waals surface area (Å²) in [6, 6.07) is 23.1. The van der Waals surface area contributed by atoms with Gasteiger partial charge in [0.05, 0.1) is 32.1 Å². The number of para-hydroxylation sites is 2. The fourth-order valence-electron chi connectivity index (χ4n) is 4.53. The lowest BCUT2D eigenvalue weighted by Crippen LogP contribution is -1.98. The Balaban J connectivity index is 1.82. The highest BCUT2D eigenvalue weighted by molar-refractivity contribution is 6.14. The summed E-state index contributed by atoms with van der Waals surface area (Å²) in [6.45, 7) is 0. The Hall–Kier alpha value is -4.72. The number of H-pyrrole nitrogens is 1. The Morgan fingerprint density at radius 3 is 2.09 bits per heavy atom. The summed E-state index contributed by atoms with van der Waals surface area (Å²) in [6.07, 6.45) is 0. The highest BCUT2D eigenvalue weighted by atomic mass is 16.6. The van der Waals surface area contributed by atoms with E-state index in [0.717, 1.165) is 38.2 Å². The van der Waals surface area contributed by atoms with Crippen LogP contribution in [0.1, 0.15) is 0 Å². The van der Waals surface area contributed by atoms with Crippen LogP contribution in [-0.4, -0.2) is 19.4 Å². The van der Waals surface area contributed by atoms with Gasteiger partial charge in [-0.3, -0.25) is 20.2 Å². The summed E-state index contributed by atoms with van der Waals surface area (Å²) < 4.78 is 1.93. The summed E-state index contributed by atoms with van der Waals surface area (Å²) in [4.78, 5) is 25.7. The van der Waals surface area contributed by atoms with Crippen LogP contribution in [0.3, 0.4) is 0 Å². The lowest BCUT2D eigenvalue weighted by molar-refractivity contribution is -0.384. The van der Waals surface area contributed by atoms with E-state index in [-0.39, 0.29) is 11.4 Å². The molecule has 0 saturated carbocycles. The van der Waals surface area contributed by atoms with Crippen molar-refractivity contribution < 1.29 is 9.85 Å². The topological polar surface area (TPSA) is 107 Å².